The molecule has 2 aromatic carbocycles. The van der Waals surface area contributed by atoms with E-state index in [1.807, 2.05) is 0 Å². The Hall–Kier alpha value is -3.76. The second-order valence-corrected chi connectivity index (χ2v) is 6.46. The van der Waals surface area contributed by atoms with Crippen molar-refractivity contribution in [2.75, 3.05) is 6.54 Å². The van der Waals surface area contributed by atoms with Gasteiger partial charge in [0, 0.05) is 6.54 Å². The van der Waals surface area contributed by atoms with Crippen LogP contribution in [0.3, 0.4) is 0 Å². The molecule has 0 fully saturated rings. The van der Waals surface area contributed by atoms with Crippen molar-refractivity contribution in [3.8, 4) is 5.69 Å². The molecule has 3 aromatic rings. The van der Waals surface area contributed by atoms with Gasteiger partial charge in [0.05, 0.1) is 17.8 Å². The molecule has 7 nitrogen and oxygen atoms in total. The van der Waals surface area contributed by atoms with Crippen molar-refractivity contribution < 1.29 is 22.4 Å². The third-order valence-corrected chi connectivity index (χ3v) is 4.31. The van der Waals surface area contributed by atoms with Crippen molar-refractivity contribution >= 4 is 5.91 Å². The lowest BCUT2D eigenvalue weighted by Crippen LogP contribution is -2.46. The van der Waals surface area contributed by atoms with E-state index in [-0.39, 0.29) is 17.8 Å². The van der Waals surface area contributed by atoms with Gasteiger partial charge in [-0.05, 0) is 48.9 Å². The van der Waals surface area contributed by atoms with E-state index in [4.69, 9.17) is 0 Å². The fourth-order valence-electron chi connectivity index (χ4n) is 2.77. The number of alkyl halides is 3. The van der Waals surface area contributed by atoms with E-state index in [1.54, 1.807) is 6.92 Å². The normalized spacial score (nSPS) is 11.4. The quantitative estimate of drug-likeness (QED) is 0.623. The van der Waals surface area contributed by atoms with E-state index in [0.29, 0.717) is 4.57 Å². The summed E-state index contributed by atoms with van der Waals surface area (Å²) in [5.74, 6) is -1.40. The van der Waals surface area contributed by atoms with Crippen LogP contribution in [-0.2, 0) is 12.7 Å². The van der Waals surface area contributed by atoms with E-state index in [2.05, 4.69) is 10.4 Å². The van der Waals surface area contributed by atoms with Gasteiger partial charge in [-0.3, -0.25) is 14.2 Å². The molecule has 1 N–H and O–H groups in total. The molecule has 0 unspecified atom stereocenters. The van der Waals surface area contributed by atoms with Crippen LogP contribution in [0.2, 0.25) is 0 Å². The number of carbonyl (C=O) groups is 1. The number of nitrogens with zero attached hydrogens (tertiary/aromatic N) is 3. The number of carbonyl (C=O) groups excluding carboxylic acids is 1. The molecule has 0 saturated heterocycles. The maximum atomic E-state index is 13.3. The van der Waals surface area contributed by atoms with E-state index in [1.165, 1.54) is 12.1 Å². The molecule has 0 bridgehead atoms. The van der Waals surface area contributed by atoms with Crippen LogP contribution in [0.25, 0.3) is 5.69 Å². The number of hydrogen-bond acceptors (Lipinski definition) is 4. The second kappa shape index (κ2) is 8.54. The van der Waals surface area contributed by atoms with Gasteiger partial charge in [0.1, 0.15) is 5.82 Å². The fraction of sp³-hybridized carbons (Fsp3) is 0.200. The van der Waals surface area contributed by atoms with Gasteiger partial charge >= 0.3 is 11.9 Å². The maximum Gasteiger partial charge on any atom is 0.416 e. The first-order valence-corrected chi connectivity index (χ1v) is 9.06. The van der Waals surface area contributed by atoms with Gasteiger partial charge in [-0.25, -0.2) is 9.18 Å². The summed E-state index contributed by atoms with van der Waals surface area (Å²) in [6, 6.07) is 8.51. The zero-order valence-corrected chi connectivity index (χ0v) is 16.1. The molecule has 0 saturated carbocycles. The van der Waals surface area contributed by atoms with Gasteiger partial charge < -0.3 is 5.32 Å². The van der Waals surface area contributed by atoms with Crippen molar-refractivity contribution in [3.63, 3.8) is 0 Å². The minimum atomic E-state index is -4.53. The van der Waals surface area contributed by atoms with Gasteiger partial charge in [0.25, 0.3) is 11.5 Å². The Kier molecular flexibility index (Phi) is 6.04. The highest BCUT2D eigenvalue weighted by Gasteiger charge is 2.30. The predicted molar refractivity (Wildman–Crippen MR) is 103 cm³/mol. The van der Waals surface area contributed by atoms with Gasteiger partial charge in [-0.15, -0.1) is 0 Å². The second-order valence-electron chi connectivity index (χ2n) is 6.46. The minimum Gasteiger partial charge on any atom is -0.351 e. The lowest BCUT2D eigenvalue weighted by molar-refractivity contribution is -0.137. The van der Waals surface area contributed by atoms with E-state index in [9.17, 15) is 31.9 Å². The number of aromatic nitrogens is 3. The van der Waals surface area contributed by atoms with Crippen LogP contribution in [-0.4, -0.2) is 26.8 Å². The summed E-state index contributed by atoms with van der Waals surface area (Å²) in [6.45, 7) is 1.41. The summed E-state index contributed by atoms with van der Waals surface area (Å²) in [7, 11) is 0. The number of amides is 1. The first-order chi connectivity index (χ1) is 14.6. The van der Waals surface area contributed by atoms with E-state index >= 15 is 0 Å². The molecular formula is C20H16F4N4O3. The Bertz CT molecular complexity index is 1210. The summed E-state index contributed by atoms with van der Waals surface area (Å²) in [4.78, 5) is 37.9. The molecule has 11 heteroatoms. The van der Waals surface area contributed by atoms with Crippen LogP contribution in [0.5, 0.6) is 0 Å². The maximum absolute atomic E-state index is 13.3. The Morgan fingerprint density at radius 1 is 1.03 bits per heavy atom. The standard InChI is InChI=1S/C20H16F4N4O3/c1-2-25-17(29)16-18(30)27(11-12-3-5-13(6-4-12)20(22,23)24)19(31)28(26-16)15-9-7-14(21)8-10-15/h3-10H,2,11H2,1H3,(H,25,29). The number of nitrogens with one attached hydrogen (secondary N) is 1. The monoisotopic (exact) mass is 436 g/mol. The average molecular weight is 436 g/mol. The van der Waals surface area contributed by atoms with Gasteiger partial charge in [0.2, 0.25) is 5.69 Å². The molecule has 0 aliphatic rings. The molecule has 1 heterocycles. The number of benzene rings is 2. The molecular weight excluding hydrogens is 420 g/mol. The van der Waals surface area contributed by atoms with Crippen LogP contribution >= 0.6 is 0 Å². The largest absolute Gasteiger partial charge is 0.416 e. The lowest BCUT2D eigenvalue weighted by Gasteiger charge is -2.13. The lowest BCUT2D eigenvalue weighted by atomic mass is 10.1. The number of rotatable bonds is 5. The molecule has 0 radical (unpaired) electrons. The summed E-state index contributed by atoms with van der Waals surface area (Å²) in [6.07, 6.45) is -4.53. The highest BCUT2D eigenvalue weighted by Crippen LogP contribution is 2.29. The first kappa shape index (κ1) is 21.9. The topological polar surface area (TPSA) is 86.0 Å². The van der Waals surface area contributed by atoms with Crippen molar-refractivity contribution in [2.45, 2.75) is 19.6 Å². The molecule has 1 amide bonds. The third kappa shape index (κ3) is 4.71. The third-order valence-electron chi connectivity index (χ3n) is 4.31. The van der Waals surface area contributed by atoms with Gasteiger partial charge in [-0.1, -0.05) is 12.1 Å². The van der Waals surface area contributed by atoms with Crippen molar-refractivity contribution in [3.05, 3.63) is 92.0 Å². The smallest absolute Gasteiger partial charge is 0.351 e. The summed E-state index contributed by atoms with van der Waals surface area (Å²) in [5, 5.41) is 6.24. The van der Waals surface area contributed by atoms with E-state index < -0.39 is 47.0 Å². The van der Waals surface area contributed by atoms with Crippen LogP contribution in [0.15, 0.2) is 58.1 Å². The average Bonchev–Trinajstić information content (AvgIpc) is 2.72. The molecule has 31 heavy (non-hydrogen) atoms. The highest BCUT2D eigenvalue weighted by atomic mass is 19.4. The SMILES string of the molecule is CCNC(=O)c1nn(-c2ccc(F)cc2)c(=O)n(Cc2ccc(C(F)(F)F)cc2)c1=O. The Morgan fingerprint density at radius 3 is 2.19 bits per heavy atom. The number of hydrogen-bond donors (Lipinski definition) is 1. The zero-order valence-electron chi connectivity index (χ0n) is 16.1. The Labute approximate surface area is 172 Å². The Morgan fingerprint density at radius 2 is 1.65 bits per heavy atom. The first-order valence-electron chi connectivity index (χ1n) is 9.06. The molecule has 0 aliphatic carbocycles. The van der Waals surface area contributed by atoms with Crippen LogP contribution in [0.4, 0.5) is 17.6 Å². The van der Waals surface area contributed by atoms with Crippen LogP contribution in [0.1, 0.15) is 28.5 Å². The predicted octanol–water partition coefficient (Wildman–Crippen LogP) is 2.35. The molecule has 0 atom stereocenters. The van der Waals surface area contributed by atoms with Crippen molar-refractivity contribution in [1.29, 1.82) is 0 Å². The van der Waals surface area contributed by atoms with Gasteiger partial charge in [0.15, 0.2) is 0 Å². The minimum absolute atomic E-state index is 0.0955. The van der Waals surface area contributed by atoms with Crippen molar-refractivity contribution in [1.82, 2.24) is 19.7 Å². The molecule has 162 valence electrons. The summed E-state index contributed by atoms with van der Waals surface area (Å²) < 4.78 is 53.0. The zero-order chi connectivity index (χ0) is 22.8. The molecule has 1 aromatic heterocycles. The van der Waals surface area contributed by atoms with Crippen LogP contribution in [0, 0.1) is 5.82 Å². The molecule has 3 rings (SSSR count). The van der Waals surface area contributed by atoms with Gasteiger partial charge in [-0.2, -0.15) is 23.0 Å². The molecule has 0 aliphatic heterocycles. The fourth-order valence-corrected chi connectivity index (χ4v) is 2.77. The van der Waals surface area contributed by atoms with E-state index in [0.717, 1.165) is 41.1 Å². The highest BCUT2D eigenvalue weighted by molar-refractivity contribution is 5.91. The van der Waals surface area contributed by atoms with Crippen LogP contribution < -0.4 is 16.6 Å². The molecule has 0 spiro atoms. The summed E-state index contributed by atoms with van der Waals surface area (Å²) in [5.41, 5.74) is -3.09. The summed E-state index contributed by atoms with van der Waals surface area (Å²) >= 11 is 0. The number of halogens is 4. The van der Waals surface area contributed by atoms with Crippen molar-refractivity contribution in [2.24, 2.45) is 0 Å². The Balaban J connectivity index is 2.14.